The first-order valence-electron chi connectivity index (χ1n) is 8.13. The van der Waals surface area contributed by atoms with Crippen LogP contribution < -0.4 is 9.62 Å². The van der Waals surface area contributed by atoms with Crippen molar-refractivity contribution in [3.63, 3.8) is 0 Å². The summed E-state index contributed by atoms with van der Waals surface area (Å²) in [5.41, 5.74) is 0.724. The lowest BCUT2D eigenvalue weighted by Crippen LogP contribution is -2.20. The van der Waals surface area contributed by atoms with Gasteiger partial charge in [-0.25, -0.2) is 13.2 Å². The Morgan fingerprint density at radius 1 is 1.11 bits per heavy atom. The zero-order valence-corrected chi connectivity index (χ0v) is 15.3. The summed E-state index contributed by atoms with van der Waals surface area (Å²) in [5, 5.41) is 19.7. The topological polar surface area (TPSA) is 124 Å². The molecule has 4 rings (SSSR count). The van der Waals surface area contributed by atoms with Crippen LogP contribution in [0, 0.1) is 0 Å². The van der Waals surface area contributed by atoms with Crippen molar-refractivity contribution in [2.75, 3.05) is 16.7 Å². The number of hydrogen-bond donors (Lipinski definition) is 3. The number of sulfonamides is 1. The first-order chi connectivity index (χ1) is 13.2. The maximum atomic E-state index is 12.9. The molecule has 0 aliphatic carbocycles. The fourth-order valence-electron chi connectivity index (χ4n) is 3.33. The maximum Gasteiger partial charge on any atom is 0.339 e. The van der Waals surface area contributed by atoms with Crippen molar-refractivity contribution < 1.29 is 28.2 Å². The zero-order chi connectivity index (χ0) is 20.2. The van der Waals surface area contributed by atoms with E-state index in [2.05, 4.69) is 4.72 Å². The molecular formula is C19H14N2O6S. The molecular weight excluding hydrogens is 384 g/mol. The Hall–Kier alpha value is -3.59. The summed E-state index contributed by atoms with van der Waals surface area (Å²) in [5.74, 6) is -2.09. The number of aromatic carboxylic acids is 1. The Morgan fingerprint density at radius 3 is 2.54 bits per heavy atom. The summed E-state index contributed by atoms with van der Waals surface area (Å²) in [6.07, 6.45) is 0. The molecule has 0 aromatic heterocycles. The zero-order valence-electron chi connectivity index (χ0n) is 14.5. The van der Waals surface area contributed by atoms with Crippen LogP contribution in [-0.4, -0.2) is 37.6 Å². The average Bonchev–Trinajstić information content (AvgIpc) is 2.88. The predicted molar refractivity (Wildman–Crippen MR) is 103 cm³/mol. The fraction of sp³-hybridized carbons (Fsp3) is 0.0526. The standard InChI is InChI=1S/C19H14N2O6S/c1-21-14-7-8-16(12-3-2-4-13(17(12)14)18(21)23)28(26,27)20-10-5-6-11(19(24)25)15(22)9-10/h2-9,20,22H,1H3,(H,24,25). The number of carbonyl (C=O) groups is 2. The van der Waals surface area contributed by atoms with Crippen LogP contribution in [0.15, 0.2) is 53.4 Å². The maximum absolute atomic E-state index is 12.9. The van der Waals surface area contributed by atoms with Crippen LogP contribution in [0.4, 0.5) is 11.4 Å². The number of nitrogens with zero attached hydrogens (tertiary/aromatic N) is 1. The van der Waals surface area contributed by atoms with Crippen molar-refractivity contribution in [3.05, 3.63) is 59.7 Å². The van der Waals surface area contributed by atoms with Gasteiger partial charge in [0.25, 0.3) is 15.9 Å². The van der Waals surface area contributed by atoms with Gasteiger partial charge in [-0.05, 0) is 30.3 Å². The molecule has 142 valence electrons. The van der Waals surface area contributed by atoms with Crippen LogP contribution in [0.2, 0.25) is 0 Å². The van der Waals surface area contributed by atoms with Gasteiger partial charge >= 0.3 is 5.97 Å². The number of amides is 1. The lowest BCUT2D eigenvalue weighted by atomic mass is 10.1. The van der Waals surface area contributed by atoms with Crippen LogP contribution in [0.1, 0.15) is 20.7 Å². The Labute approximate surface area is 159 Å². The fourth-order valence-corrected chi connectivity index (χ4v) is 4.58. The lowest BCUT2D eigenvalue weighted by molar-refractivity contribution is 0.0693. The highest BCUT2D eigenvalue weighted by molar-refractivity contribution is 7.93. The molecule has 28 heavy (non-hydrogen) atoms. The summed E-state index contributed by atoms with van der Waals surface area (Å²) in [7, 11) is -2.45. The molecule has 0 fully saturated rings. The van der Waals surface area contributed by atoms with E-state index < -0.39 is 21.7 Å². The minimum Gasteiger partial charge on any atom is -0.507 e. The summed E-state index contributed by atoms with van der Waals surface area (Å²) in [4.78, 5) is 24.8. The second-order valence-corrected chi connectivity index (χ2v) is 7.97. The molecule has 0 bridgehead atoms. The third-order valence-electron chi connectivity index (χ3n) is 4.64. The largest absolute Gasteiger partial charge is 0.507 e. The smallest absolute Gasteiger partial charge is 0.339 e. The number of aromatic hydroxyl groups is 1. The summed E-state index contributed by atoms with van der Waals surface area (Å²) in [6.45, 7) is 0. The number of anilines is 2. The van der Waals surface area contributed by atoms with E-state index in [0.717, 1.165) is 12.1 Å². The number of hydrogen-bond acceptors (Lipinski definition) is 5. The SMILES string of the molecule is CN1C(=O)c2cccc3c(S(=O)(=O)Nc4ccc(C(=O)O)c(O)c4)ccc1c23. The van der Waals surface area contributed by atoms with Gasteiger partial charge in [0.15, 0.2) is 0 Å². The van der Waals surface area contributed by atoms with Gasteiger partial charge in [-0.15, -0.1) is 0 Å². The number of carboxylic acids is 1. The van der Waals surface area contributed by atoms with Crippen molar-refractivity contribution in [2.24, 2.45) is 0 Å². The molecule has 0 atom stereocenters. The quantitative estimate of drug-likeness (QED) is 0.621. The van der Waals surface area contributed by atoms with Crippen molar-refractivity contribution in [3.8, 4) is 5.75 Å². The molecule has 0 spiro atoms. The molecule has 0 saturated carbocycles. The number of phenols is 1. The highest BCUT2D eigenvalue weighted by Gasteiger charge is 2.30. The van der Waals surface area contributed by atoms with Crippen LogP contribution >= 0.6 is 0 Å². The predicted octanol–water partition coefficient (Wildman–Crippen LogP) is 2.63. The molecule has 1 amide bonds. The lowest BCUT2D eigenvalue weighted by Gasteiger charge is -2.13. The molecule has 1 heterocycles. The Bertz CT molecular complexity index is 1280. The molecule has 3 N–H and O–H groups in total. The highest BCUT2D eigenvalue weighted by Crippen LogP contribution is 2.39. The molecule has 1 aliphatic rings. The molecule has 0 radical (unpaired) electrons. The minimum absolute atomic E-state index is 0.0129. The van der Waals surface area contributed by atoms with E-state index in [4.69, 9.17) is 5.11 Å². The van der Waals surface area contributed by atoms with Gasteiger partial charge in [0.2, 0.25) is 0 Å². The first kappa shape index (κ1) is 17.8. The highest BCUT2D eigenvalue weighted by atomic mass is 32.2. The van der Waals surface area contributed by atoms with E-state index >= 15 is 0 Å². The van der Waals surface area contributed by atoms with E-state index in [-0.39, 0.29) is 22.1 Å². The molecule has 1 aliphatic heterocycles. The van der Waals surface area contributed by atoms with Gasteiger partial charge in [0, 0.05) is 29.4 Å². The number of rotatable bonds is 4. The van der Waals surface area contributed by atoms with Crippen molar-refractivity contribution in [2.45, 2.75) is 4.90 Å². The molecule has 9 heteroatoms. The number of nitrogens with one attached hydrogen (secondary N) is 1. The van der Waals surface area contributed by atoms with E-state index in [1.807, 2.05) is 0 Å². The summed E-state index contributed by atoms with van der Waals surface area (Å²) < 4.78 is 28.2. The van der Waals surface area contributed by atoms with Crippen LogP contribution in [0.3, 0.4) is 0 Å². The molecule has 0 saturated heterocycles. The van der Waals surface area contributed by atoms with Crippen LogP contribution in [-0.2, 0) is 10.0 Å². The van der Waals surface area contributed by atoms with Gasteiger partial charge in [-0.3, -0.25) is 9.52 Å². The van der Waals surface area contributed by atoms with Crippen molar-refractivity contribution >= 4 is 44.0 Å². The Balaban J connectivity index is 1.82. The van der Waals surface area contributed by atoms with Crippen LogP contribution in [0.5, 0.6) is 5.75 Å². The first-order valence-corrected chi connectivity index (χ1v) is 9.62. The van der Waals surface area contributed by atoms with E-state index in [9.17, 15) is 23.1 Å². The second-order valence-electron chi connectivity index (χ2n) is 6.32. The number of carbonyl (C=O) groups excluding carboxylic acids is 1. The van der Waals surface area contributed by atoms with Gasteiger partial charge in [0.1, 0.15) is 11.3 Å². The normalized spacial score (nSPS) is 13.2. The second kappa shape index (κ2) is 5.96. The minimum atomic E-state index is -4.07. The van der Waals surface area contributed by atoms with Gasteiger partial charge in [0.05, 0.1) is 16.3 Å². The average molecular weight is 398 g/mol. The van der Waals surface area contributed by atoms with E-state index in [1.54, 1.807) is 31.3 Å². The Morgan fingerprint density at radius 2 is 1.86 bits per heavy atom. The molecule has 8 nitrogen and oxygen atoms in total. The van der Waals surface area contributed by atoms with E-state index in [1.165, 1.54) is 17.0 Å². The van der Waals surface area contributed by atoms with Crippen molar-refractivity contribution in [1.29, 1.82) is 0 Å². The summed E-state index contributed by atoms with van der Waals surface area (Å²) >= 11 is 0. The van der Waals surface area contributed by atoms with Gasteiger partial charge < -0.3 is 15.1 Å². The molecule has 3 aromatic rings. The number of benzene rings is 3. The van der Waals surface area contributed by atoms with Crippen LogP contribution in [0.25, 0.3) is 10.8 Å². The number of carboxylic acid groups (broad SMARTS) is 1. The third kappa shape index (κ3) is 2.55. The Kier molecular flexibility index (Phi) is 3.79. The third-order valence-corrected chi connectivity index (χ3v) is 6.08. The van der Waals surface area contributed by atoms with Crippen molar-refractivity contribution in [1.82, 2.24) is 0 Å². The van der Waals surface area contributed by atoms with Gasteiger partial charge in [-0.1, -0.05) is 12.1 Å². The summed E-state index contributed by atoms with van der Waals surface area (Å²) in [6, 6.07) is 11.2. The monoisotopic (exact) mass is 398 g/mol. The van der Waals surface area contributed by atoms with E-state index in [0.29, 0.717) is 22.0 Å². The molecule has 0 unspecified atom stereocenters. The molecule has 3 aromatic carbocycles. The van der Waals surface area contributed by atoms with Gasteiger partial charge in [-0.2, -0.15) is 0 Å².